The lowest BCUT2D eigenvalue weighted by Gasteiger charge is -2.16. The number of hydrogen-bond acceptors (Lipinski definition) is 4. The summed E-state index contributed by atoms with van der Waals surface area (Å²) in [6.07, 6.45) is 0.644. The Kier molecular flexibility index (Phi) is 6.45. The van der Waals surface area contributed by atoms with Gasteiger partial charge in [-0.2, -0.15) is 0 Å². The molecule has 0 saturated heterocycles. The van der Waals surface area contributed by atoms with Crippen molar-refractivity contribution in [2.45, 2.75) is 52.6 Å². The lowest BCUT2D eigenvalue weighted by atomic mass is 9.87. The van der Waals surface area contributed by atoms with Crippen LogP contribution in [0.25, 0.3) is 0 Å². The number of aliphatic hydroxyl groups excluding tert-OH is 1. The Hall–Kier alpha value is -0.740. The standard InChI is InChI=1S/C12H23NO3/c1-12(2,3)11(16)7-6-9(14)4-5-10(15)8-13/h10,15H,4-8,13H2,1-3H3. The summed E-state index contributed by atoms with van der Waals surface area (Å²) < 4.78 is 0. The summed E-state index contributed by atoms with van der Waals surface area (Å²) in [7, 11) is 0. The number of ketones is 2. The minimum atomic E-state index is -0.609. The van der Waals surface area contributed by atoms with Crippen LogP contribution in [0.1, 0.15) is 46.5 Å². The molecule has 0 amide bonds. The maximum Gasteiger partial charge on any atom is 0.138 e. The van der Waals surface area contributed by atoms with Crippen molar-refractivity contribution in [3.63, 3.8) is 0 Å². The zero-order valence-corrected chi connectivity index (χ0v) is 10.5. The summed E-state index contributed by atoms with van der Waals surface area (Å²) in [6, 6.07) is 0. The van der Waals surface area contributed by atoms with Crippen LogP contribution < -0.4 is 5.73 Å². The molecule has 0 bridgehead atoms. The molecule has 4 nitrogen and oxygen atoms in total. The molecule has 0 aromatic rings. The average Bonchev–Trinajstić information content (AvgIpc) is 2.20. The van der Waals surface area contributed by atoms with Crippen molar-refractivity contribution in [1.29, 1.82) is 0 Å². The van der Waals surface area contributed by atoms with Gasteiger partial charge in [-0.25, -0.2) is 0 Å². The van der Waals surface area contributed by atoms with Crippen molar-refractivity contribution in [2.75, 3.05) is 6.54 Å². The molecule has 1 unspecified atom stereocenters. The highest BCUT2D eigenvalue weighted by molar-refractivity contribution is 5.88. The first kappa shape index (κ1) is 15.3. The number of carbonyl (C=O) groups is 2. The van der Waals surface area contributed by atoms with Crippen LogP contribution in [0.15, 0.2) is 0 Å². The largest absolute Gasteiger partial charge is 0.392 e. The van der Waals surface area contributed by atoms with Crippen molar-refractivity contribution in [3.8, 4) is 0 Å². The predicted molar refractivity (Wildman–Crippen MR) is 63.0 cm³/mol. The van der Waals surface area contributed by atoms with Crippen LogP contribution in [0.3, 0.4) is 0 Å². The second kappa shape index (κ2) is 6.76. The molecule has 1 atom stereocenters. The summed E-state index contributed by atoms with van der Waals surface area (Å²) >= 11 is 0. The Labute approximate surface area is 97.2 Å². The Balaban J connectivity index is 3.78. The van der Waals surface area contributed by atoms with E-state index in [4.69, 9.17) is 10.8 Å². The minimum absolute atomic E-state index is 0.0186. The van der Waals surface area contributed by atoms with Crippen molar-refractivity contribution in [1.82, 2.24) is 0 Å². The first-order valence-electron chi connectivity index (χ1n) is 5.70. The van der Waals surface area contributed by atoms with Crippen molar-refractivity contribution in [3.05, 3.63) is 0 Å². The number of carbonyl (C=O) groups excluding carboxylic acids is 2. The Morgan fingerprint density at radius 2 is 1.75 bits per heavy atom. The monoisotopic (exact) mass is 229 g/mol. The molecule has 0 aromatic carbocycles. The fourth-order valence-corrected chi connectivity index (χ4v) is 1.20. The molecule has 0 aliphatic rings. The molecule has 0 radical (unpaired) electrons. The van der Waals surface area contributed by atoms with Crippen molar-refractivity contribution >= 4 is 11.6 Å². The Morgan fingerprint density at radius 1 is 1.19 bits per heavy atom. The zero-order valence-electron chi connectivity index (χ0n) is 10.5. The van der Waals surface area contributed by atoms with E-state index >= 15 is 0 Å². The molecule has 0 aliphatic heterocycles. The maximum atomic E-state index is 11.5. The lowest BCUT2D eigenvalue weighted by Crippen LogP contribution is -2.22. The van der Waals surface area contributed by atoms with E-state index < -0.39 is 6.10 Å². The van der Waals surface area contributed by atoms with Crippen LogP contribution in [0.5, 0.6) is 0 Å². The van der Waals surface area contributed by atoms with Gasteiger partial charge in [0.05, 0.1) is 6.10 Å². The van der Waals surface area contributed by atoms with E-state index in [1.165, 1.54) is 0 Å². The lowest BCUT2D eigenvalue weighted by molar-refractivity contribution is -0.129. The van der Waals surface area contributed by atoms with Crippen molar-refractivity contribution in [2.24, 2.45) is 11.1 Å². The highest BCUT2D eigenvalue weighted by Crippen LogP contribution is 2.18. The molecule has 0 spiro atoms. The van der Waals surface area contributed by atoms with Crippen LogP contribution in [0.2, 0.25) is 0 Å². The van der Waals surface area contributed by atoms with E-state index in [0.29, 0.717) is 19.3 Å². The van der Waals surface area contributed by atoms with E-state index in [2.05, 4.69) is 0 Å². The van der Waals surface area contributed by atoms with Crippen LogP contribution in [-0.2, 0) is 9.59 Å². The summed E-state index contributed by atoms with van der Waals surface area (Å²) in [5, 5.41) is 9.17. The van der Waals surface area contributed by atoms with Gasteiger partial charge in [0.25, 0.3) is 0 Å². The maximum absolute atomic E-state index is 11.5. The highest BCUT2D eigenvalue weighted by Gasteiger charge is 2.21. The molecular formula is C12H23NO3. The first-order valence-corrected chi connectivity index (χ1v) is 5.70. The number of nitrogens with two attached hydrogens (primary N) is 1. The van der Waals surface area contributed by atoms with Gasteiger partial charge >= 0.3 is 0 Å². The quantitative estimate of drug-likeness (QED) is 0.683. The first-order chi connectivity index (χ1) is 7.27. The fourth-order valence-electron chi connectivity index (χ4n) is 1.20. The van der Waals surface area contributed by atoms with Gasteiger partial charge in [-0.3, -0.25) is 9.59 Å². The van der Waals surface area contributed by atoms with Gasteiger partial charge in [-0.1, -0.05) is 20.8 Å². The highest BCUT2D eigenvalue weighted by atomic mass is 16.3. The summed E-state index contributed by atoms with van der Waals surface area (Å²) in [5.41, 5.74) is 4.84. The smallest absolute Gasteiger partial charge is 0.138 e. The van der Waals surface area contributed by atoms with Gasteiger partial charge in [-0.05, 0) is 6.42 Å². The molecule has 3 N–H and O–H groups in total. The van der Waals surface area contributed by atoms with E-state index in [1.807, 2.05) is 20.8 Å². The number of aliphatic hydroxyl groups is 1. The number of hydrogen-bond donors (Lipinski definition) is 2. The van der Waals surface area contributed by atoms with E-state index in [0.717, 1.165) is 0 Å². The van der Waals surface area contributed by atoms with E-state index in [9.17, 15) is 9.59 Å². The van der Waals surface area contributed by atoms with Crippen LogP contribution >= 0.6 is 0 Å². The molecule has 0 aromatic heterocycles. The second-order valence-corrected chi connectivity index (χ2v) is 5.14. The topological polar surface area (TPSA) is 80.4 Å². The summed E-state index contributed by atoms with van der Waals surface area (Å²) in [4.78, 5) is 22.9. The number of Topliss-reactive ketones (excluding diaryl/α,β-unsaturated/α-hetero) is 2. The van der Waals surface area contributed by atoms with Crippen LogP contribution in [-0.4, -0.2) is 29.3 Å². The van der Waals surface area contributed by atoms with Gasteiger partial charge in [0.2, 0.25) is 0 Å². The third-order valence-electron chi connectivity index (χ3n) is 2.50. The van der Waals surface area contributed by atoms with Gasteiger partial charge < -0.3 is 10.8 Å². The van der Waals surface area contributed by atoms with Crippen LogP contribution in [0, 0.1) is 5.41 Å². The number of rotatable bonds is 7. The SMILES string of the molecule is CC(C)(C)C(=O)CCC(=O)CCC(O)CN. The van der Waals surface area contributed by atoms with E-state index in [1.54, 1.807) is 0 Å². The molecule has 16 heavy (non-hydrogen) atoms. The molecule has 0 aliphatic carbocycles. The summed E-state index contributed by atoms with van der Waals surface area (Å²) in [5.74, 6) is 0.116. The Morgan fingerprint density at radius 3 is 2.19 bits per heavy atom. The third-order valence-corrected chi connectivity index (χ3v) is 2.50. The van der Waals surface area contributed by atoms with E-state index in [-0.39, 0.29) is 29.9 Å². The molecule has 0 fully saturated rings. The molecule has 0 heterocycles. The average molecular weight is 229 g/mol. The van der Waals surface area contributed by atoms with Crippen LogP contribution in [0.4, 0.5) is 0 Å². The second-order valence-electron chi connectivity index (χ2n) is 5.14. The minimum Gasteiger partial charge on any atom is -0.392 e. The fraction of sp³-hybridized carbons (Fsp3) is 0.833. The van der Waals surface area contributed by atoms with Gasteiger partial charge in [0, 0.05) is 31.2 Å². The van der Waals surface area contributed by atoms with Gasteiger partial charge in [0.15, 0.2) is 0 Å². The summed E-state index contributed by atoms with van der Waals surface area (Å²) in [6.45, 7) is 5.71. The molecule has 94 valence electrons. The third kappa shape index (κ3) is 6.69. The molecular weight excluding hydrogens is 206 g/mol. The molecule has 4 heteroatoms. The van der Waals surface area contributed by atoms with Gasteiger partial charge in [-0.15, -0.1) is 0 Å². The molecule has 0 saturated carbocycles. The normalized spacial score (nSPS) is 13.6. The Bertz CT molecular complexity index is 243. The zero-order chi connectivity index (χ0) is 12.8. The van der Waals surface area contributed by atoms with Gasteiger partial charge in [0.1, 0.15) is 11.6 Å². The van der Waals surface area contributed by atoms with Crippen molar-refractivity contribution < 1.29 is 14.7 Å². The molecule has 0 rings (SSSR count). The predicted octanol–water partition coefficient (Wildman–Crippen LogP) is 1.05.